The molecule has 4 aromatic rings. The molecule has 0 N–H and O–H groups in total. The van der Waals surface area contributed by atoms with E-state index in [1.807, 2.05) is 23.8 Å². The van der Waals surface area contributed by atoms with Crippen LogP contribution in [0.1, 0.15) is 11.3 Å². The van der Waals surface area contributed by atoms with Crippen molar-refractivity contribution in [1.29, 1.82) is 0 Å². The molecule has 1 unspecified atom stereocenters. The quantitative estimate of drug-likeness (QED) is 0.540. The third kappa shape index (κ3) is 2.36. The zero-order valence-electron chi connectivity index (χ0n) is 11.1. The monoisotopic (exact) mass is 333 g/mol. The van der Waals surface area contributed by atoms with Crippen molar-refractivity contribution in [2.75, 3.05) is 6.26 Å². The van der Waals surface area contributed by atoms with Crippen molar-refractivity contribution in [3.05, 3.63) is 47.2 Å². The highest BCUT2D eigenvalue weighted by Gasteiger charge is 2.13. The largest absolute Gasteiger partial charge is 0.610 e. The molecule has 4 rings (SSSR count). The summed E-state index contributed by atoms with van der Waals surface area (Å²) in [5.74, 6) is 0. The Morgan fingerprint density at radius 2 is 2.29 bits per heavy atom. The van der Waals surface area contributed by atoms with Crippen LogP contribution in [-0.2, 0) is 17.6 Å². The molecule has 3 aromatic heterocycles. The van der Waals surface area contributed by atoms with Crippen LogP contribution in [0.25, 0.3) is 15.2 Å². The molecule has 0 saturated heterocycles. The highest BCUT2D eigenvalue weighted by molar-refractivity contribution is 7.92. The van der Waals surface area contributed by atoms with E-state index in [0.29, 0.717) is 4.34 Å². The summed E-state index contributed by atoms with van der Waals surface area (Å²) < 4.78 is 15.4. The minimum absolute atomic E-state index is 0.687. The lowest BCUT2D eigenvalue weighted by Crippen LogP contribution is -1.94. The molecule has 7 heteroatoms. The van der Waals surface area contributed by atoms with Crippen LogP contribution in [0.15, 0.2) is 40.3 Å². The normalized spacial score (nSPS) is 13.2. The molecule has 0 saturated carbocycles. The highest BCUT2D eigenvalue weighted by Crippen LogP contribution is 2.27. The van der Waals surface area contributed by atoms with Gasteiger partial charge < -0.3 is 4.55 Å². The van der Waals surface area contributed by atoms with Crippen LogP contribution in [0, 0.1) is 0 Å². The van der Waals surface area contributed by atoms with Crippen molar-refractivity contribution in [2.24, 2.45) is 0 Å². The van der Waals surface area contributed by atoms with Crippen molar-refractivity contribution in [1.82, 2.24) is 14.4 Å². The van der Waals surface area contributed by atoms with Crippen LogP contribution in [0.3, 0.4) is 0 Å². The first kappa shape index (κ1) is 13.3. The lowest BCUT2D eigenvalue weighted by atomic mass is 10.1. The van der Waals surface area contributed by atoms with Crippen LogP contribution in [0.4, 0.5) is 0 Å². The summed E-state index contributed by atoms with van der Waals surface area (Å²) in [4.78, 5) is 9.81. The lowest BCUT2D eigenvalue weighted by Gasteiger charge is -2.00. The molecular weight excluding hydrogens is 322 g/mol. The standard InChI is InChI=1S/C14H11N3OS3/c1-21(18)14-16-11-3-2-9(7-12(11)20-14)6-10-8-15-13-17(10)4-5-19-13/h2-5,7-8H,6H2,1H3. The van der Waals surface area contributed by atoms with Crippen LogP contribution in [-0.4, -0.2) is 25.2 Å². The van der Waals surface area contributed by atoms with Gasteiger partial charge >= 0.3 is 4.34 Å². The van der Waals surface area contributed by atoms with Crippen molar-refractivity contribution >= 4 is 49.0 Å². The smallest absolute Gasteiger partial charge is 0.302 e. The van der Waals surface area contributed by atoms with Crippen molar-refractivity contribution in [3.8, 4) is 0 Å². The minimum atomic E-state index is -1.02. The minimum Gasteiger partial charge on any atom is -0.610 e. The van der Waals surface area contributed by atoms with Crippen molar-refractivity contribution in [3.63, 3.8) is 0 Å². The van der Waals surface area contributed by atoms with Crippen LogP contribution >= 0.6 is 22.7 Å². The number of fused-ring (bicyclic) bond motifs is 2. The Labute approximate surface area is 132 Å². The average Bonchev–Trinajstić information content (AvgIpc) is 3.14. The first-order valence-electron chi connectivity index (χ1n) is 6.33. The van der Waals surface area contributed by atoms with E-state index in [1.54, 1.807) is 17.6 Å². The molecule has 0 aliphatic carbocycles. The van der Waals surface area contributed by atoms with Gasteiger partial charge in [-0.15, -0.1) is 11.3 Å². The molecule has 0 aliphatic heterocycles. The van der Waals surface area contributed by atoms with Gasteiger partial charge in [0.2, 0.25) is 0 Å². The van der Waals surface area contributed by atoms with E-state index in [2.05, 4.69) is 26.5 Å². The number of imidazole rings is 1. The van der Waals surface area contributed by atoms with E-state index < -0.39 is 11.2 Å². The number of thiazole rings is 2. The van der Waals surface area contributed by atoms with Gasteiger partial charge in [-0.05, 0) is 17.7 Å². The van der Waals surface area contributed by atoms with Crippen molar-refractivity contribution < 1.29 is 4.55 Å². The number of benzene rings is 1. The Morgan fingerprint density at radius 3 is 3.14 bits per heavy atom. The van der Waals surface area contributed by atoms with E-state index in [4.69, 9.17) is 0 Å². The van der Waals surface area contributed by atoms with Gasteiger partial charge in [0.15, 0.2) is 4.96 Å². The van der Waals surface area contributed by atoms with Crippen LogP contribution in [0.5, 0.6) is 0 Å². The molecule has 0 aliphatic rings. The van der Waals surface area contributed by atoms with Crippen molar-refractivity contribution in [2.45, 2.75) is 10.8 Å². The van der Waals surface area contributed by atoms with Gasteiger partial charge in [-0.25, -0.2) is 4.98 Å². The van der Waals surface area contributed by atoms with E-state index >= 15 is 0 Å². The number of hydrogen-bond donors (Lipinski definition) is 0. The Bertz CT molecular complexity index is 922. The maximum Gasteiger partial charge on any atom is 0.302 e. The zero-order chi connectivity index (χ0) is 14.4. The van der Waals surface area contributed by atoms with Gasteiger partial charge in [-0.3, -0.25) is 4.40 Å². The fourth-order valence-electron chi connectivity index (χ4n) is 2.30. The number of hydrogen-bond acceptors (Lipinski definition) is 5. The molecule has 4 nitrogen and oxygen atoms in total. The second-order valence-corrected chi connectivity index (χ2v) is 8.17. The van der Waals surface area contributed by atoms with Crippen LogP contribution in [0.2, 0.25) is 0 Å². The second-order valence-electron chi connectivity index (χ2n) is 4.72. The third-order valence-electron chi connectivity index (χ3n) is 3.29. The summed E-state index contributed by atoms with van der Waals surface area (Å²) >= 11 is 2.13. The predicted octanol–water partition coefficient (Wildman–Crippen LogP) is 3.33. The van der Waals surface area contributed by atoms with Gasteiger partial charge in [0.25, 0.3) is 0 Å². The van der Waals surface area contributed by atoms with Gasteiger partial charge in [-0.1, -0.05) is 17.4 Å². The van der Waals surface area contributed by atoms with Gasteiger partial charge in [0.1, 0.15) is 6.26 Å². The summed E-state index contributed by atoms with van der Waals surface area (Å²) in [5, 5.41) is 2.04. The highest BCUT2D eigenvalue weighted by atomic mass is 32.2. The van der Waals surface area contributed by atoms with Gasteiger partial charge in [-0.2, -0.15) is 4.98 Å². The van der Waals surface area contributed by atoms with E-state index in [-0.39, 0.29) is 0 Å². The maximum absolute atomic E-state index is 11.5. The molecule has 3 heterocycles. The molecule has 0 radical (unpaired) electrons. The van der Waals surface area contributed by atoms with E-state index in [1.165, 1.54) is 22.6 Å². The SMILES string of the molecule is C[S+]([O-])c1nc2ccc(Cc3cnc4sccn34)cc2s1. The Balaban J connectivity index is 1.72. The third-order valence-corrected chi connectivity index (χ3v) is 6.41. The molecule has 0 bridgehead atoms. The van der Waals surface area contributed by atoms with Gasteiger partial charge in [0, 0.05) is 34.9 Å². The summed E-state index contributed by atoms with van der Waals surface area (Å²) in [6.45, 7) is 0. The van der Waals surface area contributed by atoms with Gasteiger partial charge in [0.05, 0.1) is 16.4 Å². The van der Waals surface area contributed by atoms with E-state index in [0.717, 1.165) is 21.6 Å². The number of aromatic nitrogens is 3. The maximum atomic E-state index is 11.5. The fourth-order valence-corrected chi connectivity index (χ4v) is 4.73. The average molecular weight is 333 g/mol. The summed E-state index contributed by atoms with van der Waals surface area (Å²) in [5.41, 5.74) is 3.31. The molecule has 0 amide bonds. The lowest BCUT2D eigenvalue weighted by molar-refractivity contribution is 0.600. The molecule has 1 atom stereocenters. The Morgan fingerprint density at radius 1 is 1.38 bits per heavy atom. The topological polar surface area (TPSA) is 53.2 Å². The molecule has 21 heavy (non-hydrogen) atoms. The summed E-state index contributed by atoms with van der Waals surface area (Å²) in [7, 11) is 0. The first-order chi connectivity index (χ1) is 10.2. The summed E-state index contributed by atoms with van der Waals surface area (Å²) in [6, 6.07) is 6.22. The predicted molar refractivity (Wildman–Crippen MR) is 87.8 cm³/mol. The Kier molecular flexibility index (Phi) is 3.22. The molecule has 106 valence electrons. The molecule has 0 fully saturated rings. The number of nitrogens with zero attached hydrogens (tertiary/aromatic N) is 3. The Hall–Kier alpha value is -1.41. The molecule has 0 spiro atoms. The fraction of sp³-hybridized carbons (Fsp3) is 0.143. The number of rotatable bonds is 3. The zero-order valence-corrected chi connectivity index (χ0v) is 13.6. The van der Waals surface area contributed by atoms with E-state index in [9.17, 15) is 4.55 Å². The molecule has 1 aromatic carbocycles. The second kappa shape index (κ2) is 5.10. The first-order valence-corrected chi connectivity index (χ1v) is 9.58. The van der Waals surface area contributed by atoms with Crippen LogP contribution < -0.4 is 0 Å². The summed E-state index contributed by atoms with van der Waals surface area (Å²) in [6.07, 6.45) is 6.47. The molecular formula is C14H11N3OS3.